The van der Waals surface area contributed by atoms with E-state index in [-0.39, 0.29) is 5.38 Å². The maximum absolute atomic E-state index is 6.09. The zero-order valence-corrected chi connectivity index (χ0v) is 11.8. The maximum Gasteiger partial charge on any atom is 0.133 e. The second-order valence-corrected chi connectivity index (χ2v) is 4.80. The molecule has 2 aromatic rings. The van der Waals surface area contributed by atoms with Crippen LogP contribution in [-0.4, -0.2) is 37.7 Å². The first-order chi connectivity index (χ1) is 9.24. The molecule has 0 amide bonds. The Hall–Kier alpha value is -1.52. The van der Waals surface area contributed by atoms with Crippen molar-refractivity contribution in [2.45, 2.75) is 5.38 Å². The Morgan fingerprint density at radius 3 is 2.89 bits per heavy atom. The monoisotopic (exact) mass is 280 g/mol. The first-order valence-corrected chi connectivity index (χ1v) is 6.48. The van der Waals surface area contributed by atoms with Gasteiger partial charge in [0.15, 0.2) is 0 Å². The lowest BCUT2D eigenvalue weighted by atomic mass is 10.1. The number of ether oxygens (including phenoxy) is 2. The van der Waals surface area contributed by atoms with Crippen molar-refractivity contribution in [2.75, 3.05) is 32.7 Å². The third kappa shape index (κ3) is 3.49. The molecule has 0 aliphatic rings. The van der Waals surface area contributed by atoms with Crippen LogP contribution >= 0.6 is 11.6 Å². The largest absolute Gasteiger partial charge is 0.497 e. The van der Waals surface area contributed by atoms with E-state index in [1.54, 1.807) is 20.4 Å². The molecule has 1 aromatic carbocycles. The number of benzene rings is 1. The molecule has 0 aliphatic heterocycles. The molecule has 0 saturated carbocycles. The van der Waals surface area contributed by atoms with E-state index in [1.165, 1.54) is 0 Å². The number of pyridine rings is 1. The summed E-state index contributed by atoms with van der Waals surface area (Å²) in [5, 5.41) is 5.29. The van der Waals surface area contributed by atoms with Crippen LogP contribution in [0.4, 0.5) is 5.82 Å². The predicted molar refractivity (Wildman–Crippen MR) is 78.3 cm³/mol. The summed E-state index contributed by atoms with van der Waals surface area (Å²) < 4.78 is 10.2. The van der Waals surface area contributed by atoms with Crippen molar-refractivity contribution in [1.29, 1.82) is 0 Å². The van der Waals surface area contributed by atoms with Gasteiger partial charge in [-0.1, -0.05) is 0 Å². The maximum atomic E-state index is 6.09. The van der Waals surface area contributed by atoms with Crippen molar-refractivity contribution >= 4 is 28.2 Å². The van der Waals surface area contributed by atoms with Gasteiger partial charge in [-0.15, -0.1) is 11.6 Å². The molecule has 1 aromatic heterocycles. The van der Waals surface area contributed by atoms with Crippen LogP contribution in [0.3, 0.4) is 0 Å². The van der Waals surface area contributed by atoms with Gasteiger partial charge in [0.1, 0.15) is 11.6 Å². The molecule has 0 fully saturated rings. The van der Waals surface area contributed by atoms with Crippen LogP contribution in [0.25, 0.3) is 10.8 Å². The minimum atomic E-state index is -0.0831. The SMILES string of the molecule is COCC(Cl)CNc1nccc2cc(OC)ccc12. The van der Waals surface area contributed by atoms with Gasteiger partial charge < -0.3 is 14.8 Å². The Balaban J connectivity index is 2.19. The van der Waals surface area contributed by atoms with Gasteiger partial charge in [0.2, 0.25) is 0 Å². The van der Waals surface area contributed by atoms with Crippen LogP contribution in [0, 0.1) is 0 Å². The molecule has 0 aliphatic carbocycles. The Bertz CT molecular complexity index is 548. The van der Waals surface area contributed by atoms with Gasteiger partial charge in [-0.2, -0.15) is 0 Å². The van der Waals surface area contributed by atoms with Crippen LogP contribution in [-0.2, 0) is 4.74 Å². The summed E-state index contributed by atoms with van der Waals surface area (Å²) >= 11 is 6.09. The Kier molecular flexibility index (Phi) is 4.82. The summed E-state index contributed by atoms with van der Waals surface area (Å²) in [5.74, 6) is 1.65. The van der Waals surface area contributed by atoms with E-state index in [2.05, 4.69) is 10.3 Å². The molecule has 1 heterocycles. The lowest BCUT2D eigenvalue weighted by molar-refractivity contribution is 0.200. The summed E-state index contributed by atoms with van der Waals surface area (Å²) in [6.45, 7) is 1.11. The van der Waals surface area contributed by atoms with Gasteiger partial charge in [0, 0.05) is 25.2 Å². The fraction of sp³-hybridized carbons (Fsp3) is 0.357. The third-order valence-electron chi connectivity index (χ3n) is 2.81. The summed E-state index contributed by atoms with van der Waals surface area (Å²) in [5.41, 5.74) is 0. The van der Waals surface area contributed by atoms with Crippen LogP contribution in [0.15, 0.2) is 30.5 Å². The van der Waals surface area contributed by atoms with E-state index < -0.39 is 0 Å². The van der Waals surface area contributed by atoms with Crippen molar-refractivity contribution in [3.05, 3.63) is 30.5 Å². The number of alkyl halides is 1. The molecule has 0 saturated heterocycles. The summed E-state index contributed by atoms with van der Waals surface area (Å²) in [4.78, 5) is 4.34. The number of anilines is 1. The van der Waals surface area contributed by atoms with Gasteiger partial charge >= 0.3 is 0 Å². The predicted octanol–water partition coefficient (Wildman–Crippen LogP) is 2.91. The lowest BCUT2D eigenvalue weighted by Gasteiger charge is -2.12. The zero-order valence-electron chi connectivity index (χ0n) is 11.0. The molecule has 1 atom stereocenters. The van der Waals surface area contributed by atoms with Crippen molar-refractivity contribution in [3.8, 4) is 5.75 Å². The number of nitrogens with one attached hydrogen (secondary N) is 1. The molecular formula is C14H17ClN2O2. The van der Waals surface area contributed by atoms with E-state index in [0.29, 0.717) is 13.2 Å². The van der Waals surface area contributed by atoms with Crippen molar-refractivity contribution < 1.29 is 9.47 Å². The van der Waals surface area contributed by atoms with Crippen LogP contribution in [0.2, 0.25) is 0 Å². The van der Waals surface area contributed by atoms with Gasteiger partial charge in [-0.3, -0.25) is 0 Å². The van der Waals surface area contributed by atoms with Crippen molar-refractivity contribution in [1.82, 2.24) is 4.98 Å². The Labute approximate surface area is 117 Å². The second-order valence-electron chi connectivity index (χ2n) is 4.18. The van der Waals surface area contributed by atoms with E-state index in [0.717, 1.165) is 22.3 Å². The highest BCUT2D eigenvalue weighted by molar-refractivity contribution is 6.21. The van der Waals surface area contributed by atoms with Crippen LogP contribution in [0.5, 0.6) is 5.75 Å². The van der Waals surface area contributed by atoms with E-state index in [9.17, 15) is 0 Å². The molecule has 5 heteroatoms. The molecule has 1 N–H and O–H groups in total. The first kappa shape index (κ1) is 13.9. The standard InChI is InChI=1S/C14H17ClN2O2/c1-18-9-11(15)8-17-14-13-4-3-12(19-2)7-10(13)5-6-16-14/h3-7,11H,8-9H2,1-2H3,(H,16,17). The van der Waals surface area contributed by atoms with Crippen LogP contribution in [0.1, 0.15) is 0 Å². The minimum absolute atomic E-state index is 0.0831. The molecule has 0 spiro atoms. The second kappa shape index (κ2) is 6.59. The minimum Gasteiger partial charge on any atom is -0.497 e. The normalized spacial score (nSPS) is 12.4. The molecule has 1 unspecified atom stereocenters. The molecule has 0 bridgehead atoms. The van der Waals surface area contributed by atoms with Gasteiger partial charge in [-0.05, 0) is 29.7 Å². The molecule has 2 rings (SSSR count). The molecule has 0 radical (unpaired) electrons. The van der Waals surface area contributed by atoms with Crippen molar-refractivity contribution in [3.63, 3.8) is 0 Å². The number of aromatic nitrogens is 1. The first-order valence-electron chi connectivity index (χ1n) is 6.04. The number of fused-ring (bicyclic) bond motifs is 1. The highest BCUT2D eigenvalue weighted by atomic mass is 35.5. The molecular weight excluding hydrogens is 264 g/mol. The number of methoxy groups -OCH3 is 2. The van der Waals surface area contributed by atoms with Crippen molar-refractivity contribution in [2.24, 2.45) is 0 Å². The number of nitrogens with zero attached hydrogens (tertiary/aromatic N) is 1. The van der Waals surface area contributed by atoms with E-state index in [1.807, 2.05) is 24.3 Å². The molecule has 102 valence electrons. The highest BCUT2D eigenvalue weighted by Crippen LogP contribution is 2.25. The average molecular weight is 281 g/mol. The Morgan fingerprint density at radius 2 is 2.16 bits per heavy atom. The van der Waals surface area contributed by atoms with E-state index >= 15 is 0 Å². The van der Waals surface area contributed by atoms with Gasteiger partial charge in [0.05, 0.1) is 19.1 Å². The summed E-state index contributed by atoms with van der Waals surface area (Å²) in [6, 6.07) is 7.84. The number of hydrogen-bond donors (Lipinski definition) is 1. The molecule has 19 heavy (non-hydrogen) atoms. The quantitative estimate of drug-likeness (QED) is 0.827. The smallest absolute Gasteiger partial charge is 0.133 e. The lowest BCUT2D eigenvalue weighted by Crippen LogP contribution is -2.19. The number of hydrogen-bond acceptors (Lipinski definition) is 4. The Morgan fingerprint density at radius 1 is 1.32 bits per heavy atom. The van der Waals surface area contributed by atoms with Gasteiger partial charge in [-0.25, -0.2) is 4.98 Å². The highest BCUT2D eigenvalue weighted by Gasteiger charge is 2.07. The summed E-state index contributed by atoms with van der Waals surface area (Å²) in [7, 11) is 3.29. The summed E-state index contributed by atoms with van der Waals surface area (Å²) in [6.07, 6.45) is 1.77. The fourth-order valence-corrected chi connectivity index (χ4v) is 2.07. The van der Waals surface area contributed by atoms with Gasteiger partial charge in [0.25, 0.3) is 0 Å². The fourth-order valence-electron chi connectivity index (χ4n) is 1.87. The molecule has 4 nitrogen and oxygen atoms in total. The van der Waals surface area contributed by atoms with Crippen LogP contribution < -0.4 is 10.1 Å². The average Bonchev–Trinajstić information content (AvgIpc) is 2.44. The zero-order chi connectivity index (χ0) is 13.7. The van der Waals surface area contributed by atoms with E-state index in [4.69, 9.17) is 21.1 Å². The third-order valence-corrected chi connectivity index (χ3v) is 3.09. The topological polar surface area (TPSA) is 43.4 Å². The number of rotatable bonds is 6. The number of halogens is 1.